The van der Waals surface area contributed by atoms with Crippen LogP contribution in [0.4, 0.5) is 22.0 Å². The number of halogens is 5. The van der Waals surface area contributed by atoms with E-state index in [0.29, 0.717) is 0 Å². The van der Waals surface area contributed by atoms with E-state index in [9.17, 15) is 22.0 Å². The molecule has 3 aromatic carbocycles. The summed E-state index contributed by atoms with van der Waals surface area (Å²) >= 11 is 0. The lowest BCUT2D eigenvalue weighted by atomic mass is 9.98. The maximum Gasteiger partial charge on any atom is 0.573 e. The van der Waals surface area contributed by atoms with Crippen LogP contribution in [0.3, 0.4) is 0 Å². The second kappa shape index (κ2) is 8.17. The molecule has 0 fully saturated rings. The van der Waals surface area contributed by atoms with Gasteiger partial charge in [-0.1, -0.05) is 56.2 Å². The zero-order chi connectivity index (χ0) is 20.3. The second-order valence-electron chi connectivity index (χ2n) is 6.64. The number of rotatable bonds is 6. The molecule has 0 saturated carbocycles. The first-order chi connectivity index (χ1) is 13.3. The van der Waals surface area contributed by atoms with Crippen LogP contribution >= 0.6 is 0 Å². The quantitative estimate of drug-likeness (QED) is 0.312. The highest BCUT2D eigenvalue weighted by atomic mass is 19.4. The number of aryl methyl sites for hydroxylation is 1. The highest BCUT2D eigenvalue weighted by molar-refractivity contribution is 5.89. The van der Waals surface area contributed by atoms with Crippen molar-refractivity contribution >= 4 is 10.8 Å². The van der Waals surface area contributed by atoms with Crippen LogP contribution in [0, 0.1) is 11.6 Å². The van der Waals surface area contributed by atoms with E-state index >= 15 is 0 Å². The van der Waals surface area contributed by atoms with Gasteiger partial charge in [-0.2, -0.15) is 0 Å². The van der Waals surface area contributed by atoms with E-state index in [4.69, 9.17) is 0 Å². The molecule has 0 atom stereocenters. The predicted molar refractivity (Wildman–Crippen MR) is 99.2 cm³/mol. The Morgan fingerprint density at radius 2 is 1.54 bits per heavy atom. The van der Waals surface area contributed by atoms with E-state index in [1.165, 1.54) is 18.1 Å². The number of unbranched alkanes of at least 4 members (excludes halogenated alkanes) is 2. The molecule has 0 aliphatic rings. The summed E-state index contributed by atoms with van der Waals surface area (Å²) in [6.07, 6.45) is -0.743. The van der Waals surface area contributed by atoms with E-state index in [2.05, 4.69) is 11.7 Å². The van der Waals surface area contributed by atoms with Crippen LogP contribution in [-0.2, 0) is 6.42 Å². The van der Waals surface area contributed by atoms with E-state index in [1.54, 1.807) is 12.1 Å². The fourth-order valence-electron chi connectivity index (χ4n) is 3.14. The summed E-state index contributed by atoms with van der Waals surface area (Å²) in [5, 5.41) is 0.0228. The van der Waals surface area contributed by atoms with Crippen LogP contribution in [0.5, 0.6) is 5.75 Å². The lowest BCUT2D eigenvalue weighted by molar-refractivity contribution is -0.276. The van der Waals surface area contributed by atoms with Gasteiger partial charge in [-0.25, -0.2) is 8.78 Å². The summed E-state index contributed by atoms with van der Waals surface area (Å²) < 4.78 is 68.9. The van der Waals surface area contributed by atoms with Crippen molar-refractivity contribution in [1.82, 2.24) is 0 Å². The van der Waals surface area contributed by atoms with Crippen molar-refractivity contribution < 1.29 is 26.7 Å². The van der Waals surface area contributed by atoms with Gasteiger partial charge in [-0.3, -0.25) is 0 Å². The van der Waals surface area contributed by atoms with Gasteiger partial charge in [-0.15, -0.1) is 13.2 Å². The Morgan fingerprint density at radius 1 is 0.857 bits per heavy atom. The molecule has 0 saturated heterocycles. The highest BCUT2D eigenvalue weighted by Crippen LogP contribution is 2.35. The summed E-state index contributed by atoms with van der Waals surface area (Å²) in [4.78, 5) is 0. The standard InChI is InChI=1S/C22H19F5O/c1-2-3-4-5-14-6-8-15(9-7-14)16-10-11-18-17(12-16)13-19(23)21(20(18)24)28-22(25,26)27/h6-13H,2-5H2,1H3. The SMILES string of the molecule is CCCCCc1ccc(-c2ccc3c(F)c(OC(F)(F)F)c(F)cc3c2)cc1. The number of alkyl halides is 3. The number of hydrogen-bond acceptors (Lipinski definition) is 1. The molecule has 0 unspecified atom stereocenters. The first-order valence-corrected chi connectivity index (χ1v) is 9.05. The van der Waals surface area contributed by atoms with Crippen molar-refractivity contribution in [3.8, 4) is 16.9 Å². The van der Waals surface area contributed by atoms with Gasteiger partial charge in [0.05, 0.1) is 0 Å². The van der Waals surface area contributed by atoms with E-state index in [-0.39, 0.29) is 10.8 Å². The van der Waals surface area contributed by atoms with Crippen LogP contribution in [0.15, 0.2) is 48.5 Å². The van der Waals surface area contributed by atoms with Crippen molar-refractivity contribution in [2.24, 2.45) is 0 Å². The fraction of sp³-hybridized carbons (Fsp3) is 0.273. The molecule has 0 N–H and O–H groups in total. The molecule has 28 heavy (non-hydrogen) atoms. The van der Waals surface area contributed by atoms with Crippen molar-refractivity contribution in [2.75, 3.05) is 0 Å². The molecule has 0 aliphatic heterocycles. The summed E-state index contributed by atoms with van der Waals surface area (Å²) in [6, 6.07) is 13.2. The molecular formula is C22H19F5O. The molecule has 6 heteroatoms. The van der Waals surface area contributed by atoms with Gasteiger partial charge in [0.25, 0.3) is 0 Å². The lowest BCUT2D eigenvalue weighted by Gasteiger charge is -2.13. The Kier molecular flexibility index (Phi) is 5.87. The smallest absolute Gasteiger partial charge is 0.399 e. The summed E-state index contributed by atoms with van der Waals surface area (Å²) in [7, 11) is 0. The Morgan fingerprint density at radius 3 is 2.18 bits per heavy atom. The van der Waals surface area contributed by atoms with Crippen LogP contribution in [-0.4, -0.2) is 6.36 Å². The van der Waals surface area contributed by atoms with Crippen LogP contribution < -0.4 is 4.74 Å². The Bertz CT molecular complexity index is 961. The molecule has 0 aliphatic carbocycles. The van der Waals surface area contributed by atoms with Crippen molar-refractivity contribution in [3.63, 3.8) is 0 Å². The van der Waals surface area contributed by atoms with Crippen molar-refractivity contribution in [1.29, 1.82) is 0 Å². The fourth-order valence-corrected chi connectivity index (χ4v) is 3.14. The summed E-state index contributed by atoms with van der Waals surface area (Å²) in [6.45, 7) is 2.15. The monoisotopic (exact) mass is 394 g/mol. The zero-order valence-corrected chi connectivity index (χ0v) is 15.2. The zero-order valence-electron chi connectivity index (χ0n) is 15.2. The minimum Gasteiger partial charge on any atom is -0.399 e. The van der Waals surface area contributed by atoms with Crippen LogP contribution in [0.2, 0.25) is 0 Å². The third kappa shape index (κ3) is 4.61. The molecule has 0 aromatic heterocycles. The summed E-state index contributed by atoms with van der Waals surface area (Å²) in [5.74, 6) is -4.21. The first kappa shape index (κ1) is 20.1. The van der Waals surface area contributed by atoms with Crippen molar-refractivity contribution in [3.05, 3.63) is 65.7 Å². The van der Waals surface area contributed by atoms with Gasteiger partial charge in [0.1, 0.15) is 0 Å². The van der Waals surface area contributed by atoms with Gasteiger partial charge in [0.2, 0.25) is 5.75 Å². The molecule has 0 amide bonds. The Hall–Kier alpha value is -2.63. The lowest BCUT2D eigenvalue weighted by Crippen LogP contribution is -2.19. The maximum atomic E-state index is 14.3. The van der Waals surface area contributed by atoms with Crippen LogP contribution in [0.1, 0.15) is 31.7 Å². The molecule has 3 rings (SSSR count). The van der Waals surface area contributed by atoms with Crippen molar-refractivity contribution in [2.45, 2.75) is 39.0 Å². The molecule has 3 aromatic rings. The first-order valence-electron chi connectivity index (χ1n) is 9.05. The molecule has 0 heterocycles. The van der Waals surface area contributed by atoms with E-state index in [1.807, 2.05) is 24.3 Å². The van der Waals surface area contributed by atoms with Gasteiger partial charge >= 0.3 is 6.36 Å². The second-order valence-corrected chi connectivity index (χ2v) is 6.64. The van der Waals surface area contributed by atoms with Gasteiger partial charge < -0.3 is 4.74 Å². The third-order valence-corrected chi connectivity index (χ3v) is 4.56. The van der Waals surface area contributed by atoms with Crippen LogP contribution in [0.25, 0.3) is 21.9 Å². The molecule has 0 radical (unpaired) electrons. The average molecular weight is 394 g/mol. The van der Waals surface area contributed by atoms with Gasteiger partial charge in [-0.05, 0) is 47.1 Å². The average Bonchev–Trinajstić information content (AvgIpc) is 2.65. The number of hydrogen-bond donors (Lipinski definition) is 0. The number of benzene rings is 3. The summed E-state index contributed by atoms with van der Waals surface area (Å²) in [5.41, 5.74) is 2.79. The van der Waals surface area contributed by atoms with E-state index in [0.717, 1.165) is 36.5 Å². The normalized spacial score (nSPS) is 11.8. The predicted octanol–water partition coefficient (Wildman–Crippen LogP) is 7.42. The molecular weight excluding hydrogens is 375 g/mol. The third-order valence-electron chi connectivity index (χ3n) is 4.56. The van der Waals surface area contributed by atoms with Gasteiger partial charge in [0, 0.05) is 5.39 Å². The minimum absolute atomic E-state index is 0.138. The molecule has 0 spiro atoms. The molecule has 1 nitrogen and oxygen atoms in total. The van der Waals surface area contributed by atoms with Gasteiger partial charge in [0.15, 0.2) is 11.6 Å². The molecule has 0 bridgehead atoms. The number of fused-ring (bicyclic) bond motifs is 1. The van der Waals surface area contributed by atoms with E-state index < -0.39 is 23.7 Å². The Balaban J connectivity index is 1.91. The number of ether oxygens (including phenoxy) is 1. The Labute approximate surface area is 159 Å². The minimum atomic E-state index is -5.17. The topological polar surface area (TPSA) is 9.23 Å². The largest absolute Gasteiger partial charge is 0.573 e. The highest BCUT2D eigenvalue weighted by Gasteiger charge is 2.34. The molecule has 148 valence electrons. The maximum absolute atomic E-state index is 14.3.